The number of aliphatic carboxylic acids is 1. The van der Waals surface area contributed by atoms with Crippen LogP contribution in [0.15, 0.2) is 48.5 Å². The summed E-state index contributed by atoms with van der Waals surface area (Å²) in [5.74, 6) is -1.55. The van der Waals surface area contributed by atoms with E-state index in [1.165, 1.54) is 0 Å². The fraction of sp³-hybridized carbons (Fsp3) is 0.444. The summed E-state index contributed by atoms with van der Waals surface area (Å²) in [7, 11) is 0. The first kappa shape index (κ1) is 25.3. The van der Waals surface area contributed by atoms with Crippen molar-refractivity contribution in [3.8, 4) is 11.1 Å². The number of ether oxygens (including phenoxy) is 1. The minimum Gasteiger partial charge on any atom is -0.481 e. The normalized spacial score (nSPS) is 15.1. The minimum atomic E-state index is -1.22. The molecule has 2 amide bonds. The highest BCUT2D eigenvalue weighted by Crippen LogP contribution is 2.44. The van der Waals surface area contributed by atoms with Crippen LogP contribution >= 0.6 is 0 Å². The molecule has 0 fully saturated rings. The molecule has 1 unspecified atom stereocenters. The molecule has 0 bridgehead atoms. The molecule has 0 saturated carbocycles. The number of benzene rings is 2. The van der Waals surface area contributed by atoms with Gasteiger partial charge in [-0.05, 0) is 41.5 Å². The lowest BCUT2D eigenvalue weighted by molar-refractivity contribution is -0.138. The van der Waals surface area contributed by atoms with Gasteiger partial charge in [0.1, 0.15) is 12.1 Å². The number of hydrogen-bond donors (Lipinski definition) is 3. The first-order valence-corrected chi connectivity index (χ1v) is 11.8. The van der Waals surface area contributed by atoms with Crippen LogP contribution in [0.25, 0.3) is 11.1 Å². The number of fused-ring (bicyclic) bond motifs is 3. The molecule has 2 aromatic rings. The van der Waals surface area contributed by atoms with Gasteiger partial charge in [-0.1, -0.05) is 75.7 Å². The van der Waals surface area contributed by atoms with E-state index in [1.807, 2.05) is 57.2 Å². The number of amides is 2. The van der Waals surface area contributed by atoms with Crippen LogP contribution in [0.4, 0.5) is 4.79 Å². The van der Waals surface area contributed by atoms with Crippen LogP contribution in [0.3, 0.4) is 0 Å². The van der Waals surface area contributed by atoms with Crippen LogP contribution in [0.5, 0.6) is 0 Å². The van der Waals surface area contributed by atoms with Gasteiger partial charge < -0.3 is 20.5 Å². The highest BCUT2D eigenvalue weighted by atomic mass is 16.5. The maximum Gasteiger partial charge on any atom is 0.408 e. The first-order valence-electron chi connectivity index (χ1n) is 11.8. The fourth-order valence-electron chi connectivity index (χ4n) is 4.56. The molecule has 1 aliphatic carbocycles. The van der Waals surface area contributed by atoms with Crippen LogP contribution in [-0.4, -0.2) is 41.3 Å². The fourth-order valence-corrected chi connectivity index (χ4v) is 4.56. The molecule has 0 radical (unpaired) electrons. The van der Waals surface area contributed by atoms with Crippen LogP contribution < -0.4 is 10.6 Å². The van der Waals surface area contributed by atoms with Gasteiger partial charge in [-0.3, -0.25) is 9.59 Å². The number of rotatable bonds is 10. The van der Waals surface area contributed by atoms with E-state index in [1.54, 1.807) is 6.92 Å². The number of carboxylic acids is 1. The molecule has 0 aromatic heterocycles. The van der Waals surface area contributed by atoms with Crippen LogP contribution in [0.1, 0.15) is 64.0 Å². The molecule has 1 aliphatic rings. The zero-order valence-electron chi connectivity index (χ0n) is 20.3. The summed E-state index contributed by atoms with van der Waals surface area (Å²) in [6, 6.07) is 15.6. The lowest BCUT2D eigenvalue weighted by atomic mass is 9.93. The van der Waals surface area contributed by atoms with Crippen molar-refractivity contribution in [2.24, 2.45) is 5.92 Å². The number of carboxylic acid groups (broad SMARTS) is 1. The molecule has 3 rings (SSSR count). The van der Waals surface area contributed by atoms with Crippen molar-refractivity contribution < 1.29 is 24.2 Å². The molecular weight excluding hydrogens is 432 g/mol. The maximum absolute atomic E-state index is 13.1. The summed E-state index contributed by atoms with van der Waals surface area (Å²) in [6.45, 7) is 7.42. The molecule has 182 valence electrons. The predicted octanol–water partition coefficient (Wildman–Crippen LogP) is 4.70. The van der Waals surface area contributed by atoms with Gasteiger partial charge in [-0.2, -0.15) is 0 Å². The number of carbonyl (C=O) groups excluding carboxylic acids is 2. The van der Waals surface area contributed by atoms with Crippen molar-refractivity contribution in [1.82, 2.24) is 10.6 Å². The van der Waals surface area contributed by atoms with Crippen molar-refractivity contribution in [3.05, 3.63) is 59.7 Å². The van der Waals surface area contributed by atoms with E-state index in [2.05, 4.69) is 22.8 Å². The average molecular weight is 467 g/mol. The van der Waals surface area contributed by atoms with Gasteiger partial charge in [0.25, 0.3) is 0 Å². The van der Waals surface area contributed by atoms with Crippen molar-refractivity contribution in [2.45, 2.75) is 64.5 Å². The SMILES string of the molecule is CCCC(C)(NC(=O)OCC1c2ccccc2-c2ccccc21)C(=O)N[C@H](CC(=O)O)C(C)C. The Morgan fingerprint density at radius 3 is 2.09 bits per heavy atom. The Morgan fingerprint density at radius 2 is 1.59 bits per heavy atom. The third kappa shape index (κ3) is 5.58. The number of alkyl carbamates (subject to hydrolysis) is 1. The molecular formula is C27H34N2O5. The van der Waals surface area contributed by atoms with Gasteiger partial charge in [-0.15, -0.1) is 0 Å². The molecule has 7 heteroatoms. The van der Waals surface area contributed by atoms with Crippen LogP contribution in [-0.2, 0) is 14.3 Å². The van der Waals surface area contributed by atoms with Gasteiger partial charge >= 0.3 is 12.1 Å². The largest absolute Gasteiger partial charge is 0.481 e. The molecule has 2 atom stereocenters. The number of nitrogens with one attached hydrogen (secondary N) is 2. The summed E-state index contributed by atoms with van der Waals surface area (Å²) in [5.41, 5.74) is 3.28. The predicted molar refractivity (Wildman–Crippen MR) is 131 cm³/mol. The second-order valence-corrected chi connectivity index (χ2v) is 9.45. The standard InChI is InChI=1S/C27H34N2O5/c1-5-14-27(4,25(32)28-23(17(2)3)15-24(30)31)29-26(33)34-16-22-20-12-8-6-10-18(20)19-11-7-9-13-21(19)22/h6-13,17,22-23H,5,14-16H2,1-4H3,(H,28,32)(H,29,33)(H,30,31)/t23-,27?/m1/s1. The van der Waals surface area contributed by atoms with Crippen molar-refractivity contribution >= 4 is 18.0 Å². The second-order valence-electron chi connectivity index (χ2n) is 9.45. The number of carbonyl (C=O) groups is 3. The molecule has 7 nitrogen and oxygen atoms in total. The Kier molecular flexibility index (Phi) is 7.97. The molecule has 0 aliphatic heterocycles. The monoisotopic (exact) mass is 466 g/mol. The van der Waals surface area contributed by atoms with E-state index in [0.717, 1.165) is 22.3 Å². The van der Waals surface area contributed by atoms with Gasteiger partial charge in [0.2, 0.25) is 5.91 Å². The van der Waals surface area contributed by atoms with Crippen molar-refractivity contribution in [1.29, 1.82) is 0 Å². The maximum atomic E-state index is 13.1. The van der Waals surface area contributed by atoms with Crippen LogP contribution in [0, 0.1) is 5.92 Å². The van der Waals surface area contributed by atoms with E-state index in [-0.39, 0.29) is 24.9 Å². The lowest BCUT2D eigenvalue weighted by Crippen LogP contribution is -2.59. The zero-order chi connectivity index (χ0) is 24.9. The molecule has 3 N–H and O–H groups in total. The van der Waals surface area contributed by atoms with Crippen molar-refractivity contribution in [2.75, 3.05) is 6.61 Å². The summed E-state index contributed by atoms with van der Waals surface area (Å²) < 4.78 is 5.62. The van der Waals surface area contributed by atoms with Crippen LogP contribution in [0.2, 0.25) is 0 Å². The zero-order valence-corrected chi connectivity index (χ0v) is 20.3. The smallest absolute Gasteiger partial charge is 0.408 e. The Morgan fingerprint density at radius 1 is 1.03 bits per heavy atom. The summed E-state index contributed by atoms with van der Waals surface area (Å²) in [4.78, 5) is 37.1. The number of hydrogen-bond acceptors (Lipinski definition) is 4. The highest BCUT2D eigenvalue weighted by Gasteiger charge is 2.37. The van der Waals surface area contributed by atoms with E-state index < -0.39 is 29.6 Å². The van der Waals surface area contributed by atoms with Crippen molar-refractivity contribution in [3.63, 3.8) is 0 Å². The Balaban J connectivity index is 1.69. The Hall–Kier alpha value is -3.35. The third-order valence-corrected chi connectivity index (χ3v) is 6.49. The minimum absolute atomic E-state index is 0.0691. The highest BCUT2D eigenvalue weighted by molar-refractivity contribution is 5.90. The Labute approximate surface area is 200 Å². The lowest BCUT2D eigenvalue weighted by Gasteiger charge is -2.32. The van der Waals surface area contributed by atoms with E-state index in [9.17, 15) is 14.4 Å². The Bertz CT molecular complexity index is 1010. The topological polar surface area (TPSA) is 105 Å². The van der Waals surface area contributed by atoms with Gasteiger partial charge in [0.15, 0.2) is 0 Å². The summed E-state index contributed by atoms with van der Waals surface area (Å²) in [6.07, 6.45) is 0.184. The van der Waals surface area contributed by atoms with E-state index in [0.29, 0.717) is 12.8 Å². The van der Waals surface area contributed by atoms with Gasteiger partial charge in [0, 0.05) is 12.0 Å². The average Bonchev–Trinajstić information content (AvgIpc) is 3.10. The van der Waals surface area contributed by atoms with Gasteiger partial charge in [0.05, 0.1) is 6.42 Å². The van der Waals surface area contributed by atoms with Gasteiger partial charge in [-0.25, -0.2) is 4.79 Å². The van der Waals surface area contributed by atoms with E-state index >= 15 is 0 Å². The molecule has 34 heavy (non-hydrogen) atoms. The first-order chi connectivity index (χ1) is 16.2. The summed E-state index contributed by atoms with van der Waals surface area (Å²) >= 11 is 0. The molecule has 0 saturated heterocycles. The molecule has 0 heterocycles. The second kappa shape index (κ2) is 10.7. The molecule has 0 spiro atoms. The quantitative estimate of drug-likeness (QED) is 0.471. The third-order valence-electron chi connectivity index (χ3n) is 6.49. The summed E-state index contributed by atoms with van der Waals surface area (Å²) in [5, 5.41) is 14.7. The molecule has 2 aromatic carbocycles. The van der Waals surface area contributed by atoms with E-state index in [4.69, 9.17) is 9.84 Å².